The van der Waals surface area contributed by atoms with E-state index in [2.05, 4.69) is 0 Å². The molecule has 0 N–H and O–H groups in total. The lowest BCUT2D eigenvalue weighted by atomic mass is 9.98. The third-order valence-electron chi connectivity index (χ3n) is 2.79. The average Bonchev–Trinajstić information content (AvgIpc) is 2.25. The fraction of sp³-hybridized carbons (Fsp3) is 0.188. The molecule has 0 fully saturated rings. The Morgan fingerprint density at radius 1 is 0.778 bits per heavy atom. The molecule has 2 aromatic carbocycles. The van der Waals surface area contributed by atoms with Gasteiger partial charge in [-0.05, 0) is 56.7 Å². The van der Waals surface area contributed by atoms with Crippen LogP contribution < -0.4 is 0 Å². The monoisotopic (exact) mass is 242 g/mol. The van der Waals surface area contributed by atoms with Crippen molar-refractivity contribution in [3.05, 3.63) is 70.0 Å². The van der Waals surface area contributed by atoms with Crippen molar-refractivity contribution in [2.24, 2.45) is 0 Å². The summed E-state index contributed by atoms with van der Waals surface area (Å²) in [6, 6.07) is 10.1. The van der Waals surface area contributed by atoms with E-state index in [0.29, 0.717) is 11.1 Å². The van der Waals surface area contributed by atoms with E-state index in [0.717, 1.165) is 16.7 Å². The molecule has 18 heavy (non-hydrogen) atoms. The average molecular weight is 242 g/mol. The van der Waals surface area contributed by atoms with Gasteiger partial charge in [0.1, 0.15) is 5.82 Å². The fourth-order valence-corrected chi connectivity index (χ4v) is 2.14. The highest BCUT2D eigenvalue weighted by atomic mass is 19.1. The highest BCUT2D eigenvalue weighted by Gasteiger charge is 2.11. The number of carbonyl (C=O) groups is 1. The van der Waals surface area contributed by atoms with E-state index >= 15 is 0 Å². The Morgan fingerprint density at radius 2 is 1.22 bits per heavy atom. The summed E-state index contributed by atoms with van der Waals surface area (Å²) < 4.78 is 13.3. The summed E-state index contributed by atoms with van der Waals surface area (Å²) in [4.78, 5) is 12.3. The van der Waals surface area contributed by atoms with Gasteiger partial charge in [-0.15, -0.1) is 0 Å². The minimum absolute atomic E-state index is 0.135. The number of rotatable bonds is 2. The van der Waals surface area contributed by atoms with Crippen LogP contribution in [0.3, 0.4) is 0 Å². The van der Waals surface area contributed by atoms with Crippen LogP contribution in [0.25, 0.3) is 0 Å². The molecule has 1 nitrogen and oxygen atoms in total. The molecule has 0 unspecified atom stereocenters. The summed E-state index contributed by atoms with van der Waals surface area (Å²) >= 11 is 0. The summed E-state index contributed by atoms with van der Waals surface area (Å²) in [5, 5.41) is 0. The molecule has 2 rings (SSSR count). The molecular weight excluding hydrogens is 227 g/mol. The maximum absolute atomic E-state index is 13.3. The van der Waals surface area contributed by atoms with E-state index in [1.165, 1.54) is 12.1 Å². The van der Waals surface area contributed by atoms with E-state index in [-0.39, 0.29) is 11.6 Å². The highest BCUT2D eigenvalue weighted by molar-refractivity contribution is 6.09. The quantitative estimate of drug-likeness (QED) is 0.728. The number of hydrogen-bond acceptors (Lipinski definition) is 1. The molecule has 0 aliphatic carbocycles. The molecule has 0 spiro atoms. The standard InChI is InChI=1S/C16H15FO/c1-10-4-11(2)6-13(5-10)16(18)14-7-12(3)8-15(17)9-14/h4-9H,1-3H3. The molecule has 92 valence electrons. The second-order valence-corrected chi connectivity index (χ2v) is 4.72. The Balaban J connectivity index is 2.47. The molecule has 0 amide bonds. The Kier molecular flexibility index (Phi) is 3.28. The van der Waals surface area contributed by atoms with Gasteiger partial charge in [0.2, 0.25) is 0 Å². The second-order valence-electron chi connectivity index (χ2n) is 4.72. The van der Waals surface area contributed by atoms with Crippen LogP contribution in [0.5, 0.6) is 0 Å². The number of carbonyl (C=O) groups excluding carboxylic acids is 1. The van der Waals surface area contributed by atoms with Crippen molar-refractivity contribution >= 4 is 5.78 Å². The van der Waals surface area contributed by atoms with Gasteiger partial charge in [-0.1, -0.05) is 17.2 Å². The molecule has 0 aliphatic rings. The summed E-state index contributed by atoms with van der Waals surface area (Å²) in [7, 11) is 0. The molecule has 0 aromatic heterocycles. The number of benzene rings is 2. The Morgan fingerprint density at radius 3 is 1.72 bits per heavy atom. The van der Waals surface area contributed by atoms with Gasteiger partial charge < -0.3 is 0 Å². The van der Waals surface area contributed by atoms with Crippen molar-refractivity contribution in [2.45, 2.75) is 20.8 Å². The van der Waals surface area contributed by atoms with E-state index < -0.39 is 0 Å². The van der Waals surface area contributed by atoms with Gasteiger partial charge in [0.25, 0.3) is 0 Å². The van der Waals surface area contributed by atoms with Crippen LogP contribution in [-0.4, -0.2) is 5.78 Å². The third-order valence-corrected chi connectivity index (χ3v) is 2.79. The zero-order valence-corrected chi connectivity index (χ0v) is 10.8. The first-order valence-corrected chi connectivity index (χ1v) is 5.86. The van der Waals surface area contributed by atoms with E-state index in [1.54, 1.807) is 13.0 Å². The van der Waals surface area contributed by atoms with Crippen molar-refractivity contribution in [1.82, 2.24) is 0 Å². The Bertz CT molecular complexity index is 520. The molecule has 0 saturated carbocycles. The molecule has 0 heterocycles. The summed E-state index contributed by atoms with van der Waals surface area (Å²) in [6.07, 6.45) is 0. The Hall–Kier alpha value is -1.96. The molecule has 0 saturated heterocycles. The van der Waals surface area contributed by atoms with Crippen molar-refractivity contribution in [1.29, 1.82) is 0 Å². The minimum Gasteiger partial charge on any atom is -0.289 e. The zero-order valence-electron chi connectivity index (χ0n) is 10.8. The lowest BCUT2D eigenvalue weighted by Crippen LogP contribution is -2.03. The summed E-state index contributed by atoms with van der Waals surface area (Å²) in [6.45, 7) is 5.67. The van der Waals surface area contributed by atoms with Gasteiger partial charge in [0.05, 0.1) is 0 Å². The van der Waals surface area contributed by atoms with Crippen LogP contribution in [0, 0.1) is 26.6 Å². The van der Waals surface area contributed by atoms with Crippen LogP contribution in [0.15, 0.2) is 36.4 Å². The van der Waals surface area contributed by atoms with Crippen LogP contribution in [0.1, 0.15) is 32.6 Å². The normalized spacial score (nSPS) is 10.4. The topological polar surface area (TPSA) is 17.1 Å². The van der Waals surface area contributed by atoms with Crippen molar-refractivity contribution in [2.75, 3.05) is 0 Å². The molecule has 2 aromatic rings. The van der Waals surface area contributed by atoms with Gasteiger partial charge in [0, 0.05) is 11.1 Å². The lowest BCUT2D eigenvalue weighted by molar-refractivity contribution is 0.103. The molecule has 0 aliphatic heterocycles. The first-order chi connectivity index (χ1) is 8.45. The van der Waals surface area contributed by atoms with Crippen molar-refractivity contribution in [3.63, 3.8) is 0 Å². The predicted molar refractivity (Wildman–Crippen MR) is 70.5 cm³/mol. The first-order valence-electron chi connectivity index (χ1n) is 5.86. The second kappa shape index (κ2) is 4.73. The van der Waals surface area contributed by atoms with Crippen LogP contribution in [0.4, 0.5) is 4.39 Å². The van der Waals surface area contributed by atoms with E-state index in [1.807, 2.05) is 32.0 Å². The van der Waals surface area contributed by atoms with Crippen molar-refractivity contribution < 1.29 is 9.18 Å². The summed E-state index contributed by atoms with van der Waals surface area (Å²) in [5.74, 6) is -0.507. The smallest absolute Gasteiger partial charge is 0.193 e. The predicted octanol–water partition coefficient (Wildman–Crippen LogP) is 3.98. The third kappa shape index (κ3) is 2.65. The Labute approximate surface area is 106 Å². The number of halogens is 1. The molecule has 0 atom stereocenters. The molecule has 2 heteroatoms. The van der Waals surface area contributed by atoms with Crippen LogP contribution in [-0.2, 0) is 0 Å². The SMILES string of the molecule is Cc1cc(C)cc(C(=O)c2cc(C)cc(F)c2)c1. The van der Waals surface area contributed by atoms with Crippen LogP contribution >= 0.6 is 0 Å². The van der Waals surface area contributed by atoms with Gasteiger partial charge in [-0.25, -0.2) is 4.39 Å². The van der Waals surface area contributed by atoms with Crippen molar-refractivity contribution in [3.8, 4) is 0 Å². The number of ketones is 1. The van der Waals surface area contributed by atoms with Crippen LogP contribution in [0.2, 0.25) is 0 Å². The number of hydrogen-bond donors (Lipinski definition) is 0. The maximum Gasteiger partial charge on any atom is 0.193 e. The molecular formula is C16H15FO. The minimum atomic E-state index is -0.372. The fourth-order valence-electron chi connectivity index (χ4n) is 2.14. The van der Waals surface area contributed by atoms with Gasteiger partial charge in [-0.3, -0.25) is 4.79 Å². The first kappa shape index (κ1) is 12.5. The van der Waals surface area contributed by atoms with E-state index in [4.69, 9.17) is 0 Å². The largest absolute Gasteiger partial charge is 0.289 e. The lowest BCUT2D eigenvalue weighted by Gasteiger charge is -2.05. The van der Waals surface area contributed by atoms with Gasteiger partial charge in [-0.2, -0.15) is 0 Å². The highest BCUT2D eigenvalue weighted by Crippen LogP contribution is 2.16. The molecule has 0 bridgehead atoms. The molecule has 0 radical (unpaired) electrons. The van der Waals surface area contributed by atoms with E-state index in [9.17, 15) is 9.18 Å². The summed E-state index contributed by atoms with van der Waals surface area (Å²) in [5.41, 5.74) is 3.83. The number of aryl methyl sites for hydroxylation is 3. The van der Waals surface area contributed by atoms with Gasteiger partial charge in [0.15, 0.2) is 5.78 Å². The zero-order chi connectivity index (χ0) is 13.3. The van der Waals surface area contributed by atoms with Gasteiger partial charge >= 0.3 is 0 Å². The maximum atomic E-state index is 13.3.